The maximum Gasteiger partial charge on any atom is 0.215 e. The summed E-state index contributed by atoms with van der Waals surface area (Å²) in [7, 11) is 2.20. The van der Waals surface area contributed by atoms with E-state index in [0.717, 1.165) is 50.6 Å². The van der Waals surface area contributed by atoms with Crippen LogP contribution in [0.5, 0.6) is 0 Å². The Balaban J connectivity index is 0.00000120. The zero-order valence-corrected chi connectivity index (χ0v) is 18.2. The van der Waals surface area contributed by atoms with Crippen LogP contribution in [0.3, 0.4) is 0 Å². The predicted octanol–water partition coefficient (Wildman–Crippen LogP) is 4.05. The minimum absolute atomic E-state index is 0. The van der Waals surface area contributed by atoms with Crippen molar-refractivity contribution in [2.75, 3.05) is 39.8 Å². The van der Waals surface area contributed by atoms with Gasteiger partial charge in [0.15, 0.2) is 0 Å². The molecule has 1 saturated heterocycles. The van der Waals surface area contributed by atoms with E-state index in [0.29, 0.717) is 0 Å². The normalized spacial score (nSPS) is 15.3. The molecule has 29 heavy (non-hydrogen) atoms. The number of piperazine rings is 1. The van der Waals surface area contributed by atoms with E-state index >= 15 is 0 Å². The number of fused-ring (bicyclic) bond motifs is 3. The molecule has 1 aliphatic heterocycles. The Bertz CT molecular complexity index is 1060. The molecule has 2 aromatic heterocycles. The Morgan fingerprint density at radius 3 is 2.28 bits per heavy atom. The van der Waals surface area contributed by atoms with Crippen LogP contribution >= 0.6 is 24.8 Å². The van der Waals surface area contributed by atoms with Crippen LogP contribution in [0, 0.1) is 0 Å². The second-order valence-electron chi connectivity index (χ2n) is 7.45. The molecular weight excluding hydrogens is 405 g/mol. The summed E-state index contributed by atoms with van der Waals surface area (Å²) in [5, 5.41) is 0. The van der Waals surface area contributed by atoms with Gasteiger partial charge >= 0.3 is 0 Å². The number of aromatic nitrogens is 3. The van der Waals surface area contributed by atoms with Crippen LogP contribution < -0.4 is 0 Å². The van der Waals surface area contributed by atoms with Gasteiger partial charge in [0.05, 0.1) is 16.7 Å². The highest BCUT2D eigenvalue weighted by Gasteiger charge is 2.18. The van der Waals surface area contributed by atoms with Gasteiger partial charge in [-0.2, -0.15) is 0 Å². The van der Waals surface area contributed by atoms with E-state index < -0.39 is 0 Å². The smallest absolute Gasteiger partial charge is 0.215 e. The lowest BCUT2D eigenvalue weighted by Crippen LogP contribution is -2.45. The summed E-state index contributed by atoms with van der Waals surface area (Å²) < 4.78 is 4.62. The van der Waals surface area contributed by atoms with Crippen molar-refractivity contribution in [3.63, 3.8) is 0 Å². The Morgan fingerprint density at radius 1 is 0.828 bits per heavy atom. The Kier molecular flexibility index (Phi) is 6.85. The van der Waals surface area contributed by atoms with Crippen molar-refractivity contribution < 1.29 is 0 Å². The first kappa shape index (κ1) is 21.7. The molecule has 0 spiro atoms. The molecule has 0 unspecified atom stereocenters. The molecular formula is C22H27Cl2N5. The van der Waals surface area contributed by atoms with Crippen LogP contribution in [0.15, 0.2) is 60.8 Å². The number of likely N-dealkylation sites (N-methyl/N-ethyl adjacent to an activating group) is 1. The number of hydrogen-bond acceptors (Lipinski definition) is 3. The van der Waals surface area contributed by atoms with Crippen LogP contribution in [0.4, 0.5) is 0 Å². The molecule has 154 valence electrons. The fourth-order valence-corrected chi connectivity index (χ4v) is 4.02. The summed E-state index contributed by atoms with van der Waals surface area (Å²) >= 11 is 0. The first-order valence-electron chi connectivity index (χ1n) is 9.72. The highest BCUT2D eigenvalue weighted by atomic mass is 35.5. The van der Waals surface area contributed by atoms with Crippen molar-refractivity contribution >= 4 is 41.6 Å². The van der Waals surface area contributed by atoms with Crippen LogP contribution in [0.2, 0.25) is 0 Å². The zero-order chi connectivity index (χ0) is 18.2. The van der Waals surface area contributed by atoms with Gasteiger partial charge in [-0.3, -0.25) is 9.30 Å². The third kappa shape index (κ3) is 4.14. The monoisotopic (exact) mass is 431 g/mol. The number of para-hydroxylation sites is 2. The van der Waals surface area contributed by atoms with Crippen molar-refractivity contribution in [2.45, 2.75) is 6.54 Å². The van der Waals surface area contributed by atoms with E-state index in [-0.39, 0.29) is 24.8 Å². The lowest BCUT2D eigenvalue weighted by Gasteiger charge is -2.32. The summed E-state index contributed by atoms with van der Waals surface area (Å²) in [5.41, 5.74) is 4.70. The van der Waals surface area contributed by atoms with E-state index in [1.54, 1.807) is 0 Å². The largest absolute Gasteiger partial charge is 0.308 e. The second kappa shape index (κ2) is 9.18. The van der Waals surface area contributed by atoms with Gasteiger partial charge < -0.3 is 9.47 Å². The summed E-state index contributed by atoms with van der Waals surface area (Å²) in [6, 6.07) is 19.0. The summed E-state index contributed by atoms with van der Waals surface area (Å²) in [4.78, 5) is 9.90. The molecule has 7 heteroatoms. The van der Waals surface area contributed by atoms with Crippen LogP contribution in [-0.2, 0) is 6.54 Å². The number of rotatable bonds is 4. The first-order valence-corrected chi connectivity index (χ1v) is 9.72. The Labute approximate surface area is 183 Å². The molecule has 0 bridgehead atoms. The maximum atomic E-state index is 4.94. The average Bonchev–Trinajstić information content (AvgIpc) is 3.24. The van der Waals surface area contributed by atoms with Gasteiger partial charge in [-0.05, 0) is 24.7 Å². The minimum atomic E-state index is 0. The van der Waals surface area contributed by atoms with Gasteiger partial charge in [0.2, 0.25) is 5.78 Å². The molecule has 0 atom stereocenters. The van der Waals surface area contributed by atoms with E-state index in [9.17, 15) is 0 Å². The molecule has 5 rings (SSSR count). The van der Waals surface area contributed by atoms with E-state index in [1.807, 2.05) is 0 Å². The molecule has 0 amide bonds. The molecule has 0 saturated carbocycles. The van der Waals surface area contributed by atoms with E-state index in [1.165, 1.54) is 16.8 Å². The number of hydrogen-bond donors (Lipinski definition) is 0. The number of nitrogens with zero attached hydrogens (tertiary/aromatic N) is 5. The number of benzene rings is 2. The van der Waals surface area contributed by atoms with Gasteiger partial charge in [-0.1, -0.05) is 42.5 Å². The van der Waals surface area contributed by atoms with Gasteiger partial charge in [0, 0.05) is 45.5 Å². The highest BCUT2D eigenvalue weighted by molar-refractivity contribution is 5.85. The molecule has 0 N–H and O–H groups in total. The topological polar surface area (TPSA) is 28.7 Å². The van der Waals surface area contributed by atoms with E-state index in [2.05, 4.69) is 86.6 Å². The number of imidazole rings is 2. The molecule has 4 aromatic rings. The molecule has 0 radical (unpaired) electrons. The molecule has 0 aliphatic carbocycles. The Morgan fingerprint density at radius 2 is 1.52 bits per heavy atom. The molecule has 3 heterocycles. The summed E-state index contributed by atoms with van der Waals surface area (Å²) in [5.74, 6) is 1.03. The second-order valence-corrected chi connectivity index (χ2v) is 7.45. The lowest BCUT2D eigenvalue weighted by atomic mass is 10.1. The van der Waals surface area contributed by atoms with E-state index in [4.69, 9.17) is 4.98 Å². The van der Waals surface area contributed by atoms with Crippen LogP contribution in [-0.4, -0.2) is 63.5 Å². The van der Waals surface area contributed by atoms with Gasteiger partial charge in [-0.15, -0.1) is 24.8 Å². The Hall–Kier alpha value is -2.05. The standard InChI is InChI=1S/C22H25N5.2ClH/c1-24-11-13-25(14-12-24)15-16-26-21(18-7-3-2-4-8-18)17-27-20-10-6-5-9-19(20)23-22(26)27;;/h2-10,17H,11-16H2,1H3;2*1H. The predicted molar refractivity (Wildman–Crippen MR) is 125 cm³/mol. The van der Waals surface area contributed by atoms with Crippen molar-refractivity contribution in [3.05, 3.63) is 60.8 Å². The molecule has 1 fully saturated rings. The quantitative estimate of drug-likeness (QED) is 0.487. The summed E-state index contributed by atoms with van der Waals surface area (Å²) in [6.07, 6.45) is 2.24. The molecule has 1 aliphatic rings. The van der Waals surface area contributed by atoms with Gasteiger partial charge in [0.25, 0.3) is 0 Å². The molecule has 5 nitrogen and oxygen atoms in total. The maximum absolute atomic E-state index is 4.94. The molecule has 2 aromatic carbocycles. The average molecular weight is 432 g/mol. The van der Waals surface area contributed by atoms with Crippen LogP contribution in [0.1, 0.15) is 0 Å². The lowest BCUT2D eigenvalue weighted by molar-refractivity contribution is 0.150. The van der Waals surface area contributed by atoms with Crippen molar-refractivity contribution in [2.24, 2.45) is 0 Å². The minimum Gasteiger partial charge on any atom is -0.308 e. The third-order valence-electron chi connectivity index (χ3n) is 5.67. The van der Waals surface area contributed by atoms with Crippen molar-refractivity contribution in [1.82, 2.24) is 23.8 Å². The first-order chi connectivity index (χ1) is 13.3. The summed E-state index contributed by atoms with van der Waals surface area (Å²) in [6.45, 7) is 6.60. The third-order valence-corrected chi connectivity index (χ3v) is 5.67. The van der Waals surface area contributed by atoms with Gasteiger partial charge in [-0.25, -0.2) is 4.98 Å². The number of halogens is 2. The zero-order valence-electron chi connectivity index (χ0n) is 16.6. The van der Waals surface area contributed by atoms with Gasteiger partial charge in [0.1, 0.15) is 0 Å². The SMILES string of the molecule is CN1CCN(CCn2c(-c3ccccc3)cn3c4ccccc4nc23)CC1.Cl.Cl. The highest BCUT2D eigenvalue weighted by Crippen LogP contribution is 2.26. The fourth-order valence-electron chi connectivity index (χ4n) is 4.02. The fraction of sp³-hybridized carbons (Fsp3) is 0.318. The van der Waals surface area contributed by atoms with Crippen molar-refractivity contribution in [3.8, 4) is 11.3 Å². The van der Waals surface area contributed by atoms with Crippen molar-refractivity contribution in [1.29, 1.82) is 0 Å². The van der Waals surface area contributed by atoms with Crippen LogP contribution in [0.25, 0.3) is 28.1 Å².